The minimum atomic E-state index is 0.0289. The topological polar surface area (TPSA) is 77.8 Å². The van der Waals surface area contributed by atoms with Crippen molar-refractivity contribution in [3.8, 4) is 11.4 Å². The minimum Gasteiger partial charge on any atom is -0.339 e. The van der Waals surface area contributed by atoms with E-state index in [0.717, 1.165) is 22.2 Å². The van der Waals surface area contributed by atoms with Crippen molar-refractivity contribution in [2.75, 3.05) is 0 Å². The van der Waals surface area contributed by atoms with Crippen molar-refractivity contribution in [1.82, 2.24) is 15.1 Å². The van der Waals surface area contributed by atoms with Gasteiger partial charge in [0.1, 0.15) is 0 Å². The molecule has 0 aliphatic heterocycles. The molecule has 0 aliphatic carbocycles. The standard InChI is InChI=1S/C14H16N4OS/c1-3-10(15)8(2)14-17-13(18-19-14)9-6-12-11(16-7-9)4-5-20-12/h4-8,10H,3,15H2,1-2H3. The Hall–Kier alpha value is -1.79. The third kappa shape index (κ3) is 2.32. The lowest BCUT2D eigenvalue weighted by Gasteiger charge is -2.13. The fourth-order valence-electron chi connectivity index (χ4n) is 2.04. The molecule has 2 N–H and O–H groups in total. The number of pyridine rings is 1. The molecule has 0 aromatic carbocycles. The second kappa shape index (κ2) is 5.30. The van der Waals surface area contributed by atoms with Gasteiger partial charge in [-0.1, -0.05) is 19.0 Å². The zero-order valence-corrected chi connectivity index (χ0v) is 12.2. The van der Waals surface area contributed by atoms with E-state index in [9.17, 15) is 0 Å². The SMILES string of the molecule is CCC(N)C(C)c1nc(-c2cnc3ccsc3c2)no1. The van der Waals surface area contributed by atoms with Crippen LogP contribution in [0.4, 0.5) is 0 Å². The van der Waals surface area contributed by atoms with E-state index in [1.165, 1.54) is 0 Å². The lowest BCUT2D eigenvalue weighted by Crippen LogP contribution is -2.25. The molecule has 5 nitrogen and oxygen atoms in total. The molecule has 0 amide bonds. The van der Waals surface area contributed by atoms with Crippen LogP contribution in [0.25, 0.3) is 21.6 Å². The van der Waals surface area contributed by atoms with Crippen LogP contribution in [0.3, 0.4) is 0 Å². The van der Waals surface area contributed by atoms with Crippen molar-refractivity contribution < 1.29 is 4.52 Å². The van der Waals surface area contributed by atoms with E-state index in [4.69, 9.17) is 10.3 Å². The molecule has 104 valence electrons. The van der Waals surface area contributed by atoms with Crippen molar-refractivity contribution in [2.45, 2.75) is 32.2 Å². The third-order valence-electron chi connectivity index (χ3n) is 3.51. The Balaban J connectivity index is 1.92. The Morgan fingerprint density at radius 3 is 3.10 bits per heavy atom. The van der Waals surface area contributed by atoms with Gasteiger partial charge in [0, 0.05) is 17.8 Å². The summed E-state index contributed by atoms with van der Waals surface area (Å²) in [5, 5.41) is 6.06. The fourth-order valence-corrected chi connectivity index (χ4v) is 2.82. The number of thiophene rings is 1. The van der Waals surface area contributed by atoms with Crippen molar-refractivity contribution in [2.24, 2.45) is 5.73 Å². The number of fused-ring (bicyclic) bond motifs is 1. The van der Waals surface area contributed by atoms with Crippen LogP contribution < -0.4 is 5.73 Å². The normalized spacial score (nSPS) is 14.6. The van der Waals surface area contributed by atoms with Crippen molar-refractivity contribution in [1.29, 1.82) is 0 Å². The molecule has 0 fully saturated rings. The van der Waals surface area contributed by atoms with Crippen LogP contribution >= 0.6 is 11.3 Å². The maximum Gasteiger partial charge on any atom is 0.231 e. The van der Waals surface area contributed by atoms with E-state index < -0.39 is 0 Å². The molecule has 2 unspecified atom stereocenters. The van der Waals surface area contributed by atoms with Gasteiger partial charge in [-0.3, -0.25) is 4.98 Å². The molecule has 2 atom stereocenters. The lowest BCUT2D eigenvalue weighted by molar-refractivity contribution is 0.340. The second-order valence-electron chi connectivity index (χ2n) is 4.84. The molecule has 0 spiro atoms. The van der Waals surface area contributed by atoms with E-state index in [1.54, 1.807) is 17.5 Å². The Morgan fingerprint density at radius 2 is 2.30 bits per heavy atom. The van der Waals surface area contributed by atoms with Crippen LogP contribution in [-0.2, 0) is 0 Å². The molecule has 6 heteroatoms. The van der Waals surface area contributed by atoms with Gasteiger partial charge in [-0.25, -0.2) is 0 Å². The summed E-state index contributed by atoms with van der Waals surface area (Å²) in [5.74, 6) is 1.21. The van der Waals surface area contributed by atoms with E-state index >= 15 is 0 Å². The molecule has 0 radical (unpaired) electrons. The maximum absolute atomic E-state index is 6.02. The highest BCUT2D eigenvalue weighted by molar-refractivity contribution is 7.17. The van der Waals surface area contributed by atoms with E-state index in [-0.39, 0.29) is 12.0 Å². The molecule has 0 saturated heterocycles. The van der Waals surface area contributed by atoms with Crippen molar-refractivity contribution in [3.63, 3.8) is 0 Å². The van der Waals surface area contributed by atoms with Crippen LogP contribution in [0.15, 0.2) is 28.2 Å². The maximum atomic E-state index is 6.02. The summed E-state index contributed by atoms with van der Waals surface area (Å²) < 4.78 is 6.45. The lowest BCUT2D eigenvalue weighted by atomic mass is 10.0. The number of hydrogen-bond donors (Lipinski definition) is 1. The molecule has 0 saturated carbocycles. The van der Waals surface area contributed by atoms with Gasteiger partial charge in [-0.15, -0.1) is 11.3 Å². The summed E-state index contributed by atoms with van der Waals surface area (Å²) in [6.45, 7) is 4.05. The van der Waals surface area contributed by atoms with E-state index in [0.29, 0.717) is 11.7 Å². The van der Waals surface area contributed by atoms with Gasteiger partial charge in [0.15, 0.2) is 0 Å². The van der Waals surface area contributed by atoms with Crippen LogP contribution in [0.2, 0.25) is 0 Å². The highest BCUT2D eigenvalue weighted by Crippen LogP contribution is 2.26. The third-order valence-corrected chi connectivity index (χ3v) is 4.36. The Labute approximate surface area is 120 Å². The van der Waals surface area contributed by atoms with Crippen LogP contribution in [0.5, 0.6) is 0 Å². The molecule has 3 aromatic rings. The second-order valence-corrected chi connectivity index (χ2v) is 5.79. The largest absolute Gasteiger partial charge is 0.339 e. The molecular formula is C14H16N4OS. The zero-order chi connectivity index (χ0) is 14.1. The quantitative estimate of drug-likeness (QED) is 0.797. The molecule has 0 aliphatic rings. The first-order valence-corrected chi connectivity index (χ1v) is 7.49. The average Bonchev–Trinajstić information content (AvgIpc) is 3.13. The molecule has 3 heterocycles. The van der Waals surface area contributed by atoms with E-state index in [1.807, 2.05) is 31.4 Å². The number of aromatic nitrogens is 3. The van der Waals surface area contributed by atoms with Gasteiger partial charge >= 0.3 is 0 Å². The first-order chi connectivity index (χ1) is 9.69. The predicted molar refractivity (Wildman–Crippen MR) is 79.6 cm³/mol. The highest BCUT2D eigenvalue weighted by atomic mass is 32.1. The van der Waals surface area contributed by atoms with Gasteiger partial charge < -0.3 is 10.3 Å². The van der Waals surface area contributed by atoms with Crippen molar-refractivity contribution in [3.05, 3.63) is 29.6 Å². The molecule has 3 rings (SSSR count). The van der Waals surface area contributed by atoms with Crippen LogP contribution in [0.1, 0.15) is 32.1 Å². The molecule has 20 heavy (non-hydrogen) atoms. The summed E-state index contributed by atoms with van der Waals surface area (Å²) >= 11 is 1.65. The summed E-state index contributed by atoms with van der Waals surface area (Å²) in [6, 6.07) is 4.06. The minimum absolute atomic E-state index is 0.0289. The Kier molecular flexibility index (Phi) is 3.50. The number of nitrogens with two attached hydrogens (primary N) is 1. The van der Waals surface area contributed by atoms with Gasteiger partial charge in [-0.05, 0) is 23.9 Å². The predicted octanol–water partition coefficient (Wildman–Crippen LogP) is 3.19. The zero-order valence-electron chi connectivity index (χ0n) is 11.4. The van der Waals surface area contributed by atoms with Gasteiger partial charge in [0.05, 0.1) is 16.1 Å². The summed E-state index contributed by atoms with van der Waals surface area (Å²) in [5.41, 5.74) is 7.88. The molecule has 3 aromatic heterocycles. The number of rotatable bonds is 4. The Morgan fingerprint density at radius 1 is 1.45 bits per heavy atom. The van der Waals surface area contributed by atoms with Crippen LogP contribution in [-0.4, -0.2) is 21.2 Å². The fraction of sp³-hybridized carbons (Fsp3) is 0.357. The van der Waals surface area contributed by atoms with Crippen molar-refractivity contribution >= 4 is 21.6 Å². The highest BCUT2D eigenvalue weighted by Gasteiger charge is 2.20. The summed E-state index contributed by atoms with van der Waals surface area (Å²) in [7, 11) is 0. The first kappa shape index (κ1) is 13.2. The van der Waals surface area contributed by atoms with Gasteiger partial charge in [0.25, 0.3) is 0 Å². The number of nitrogens with zero attached hydrogens (tertiary/aromatic N) is 3. The Bertz CT molecular complexity index is 721. The molecular weight excluding hydrogens is 272 g/mol. The van der Waals surface area contributed by atoms with E-state index in [2.05, 4.69) is 15.1 Å². The first-order valence-electron chi connectivity index (χ1n) is 6.62. The average molecular weight is 288 g/mol. The summed E-state index contributed by atoms with van der Waals surface area (Å²) in [4.78, 5) is 8.83. The van der Waals surface area contributed by atoms with Crippen LogP contribution in [0, 0.1) is 0 Å². The number of hydrogen-bond acceptors (Lipinski definition) is 6. The monoisotopic (exact) mass is 288 g/mol. The molecule has 0 bridgehead atoms. The van der Waals surface area contributed by atoms with Gasteiger partial charge in [-0.2, -0.15) is 4.98 Å². The van der Waals surface area contributed by atoms with Gasteiger partial charge in [0.2, 0.25) is 11.7 Å². The smallest absolute Gasteiger partial charge is 0.231 e. The summed E-state index contributed by atoms with van der Waals surface area (Å²) in [6.07, 6.45) is 2.65.